The van der Waals surface area contributed by atoms with Crippen LogP contribution in [0.5, 0.6) is 5.75 Å². The Morgan fingerprint density at radius 3 is 2.70 bits per heavy atom. The molecule has 1 N–H and O–H groups in total. The number of anilines is 1. The number of carbonyl (C=O) groups is 1. The summed E-state index contributed by atoms with van der Waals surface area (Å²) in [5.74, 6) is 0.0614. The number of rotatable bonds is 4. The summed E-state index contributed by atoms with van der Waals surface area (Å²) >= 11 is 9.46. The van der Waals surface area contributed by atoms with Gasteiger partial charge in [-0.05, 0) is 65.7 Å². The molecule has 1 atom stereocenters. The van der Waals surface area contributed by atoms with Crippen LogP contribution in [0.3, 0.4) is 0 Å². The summed E-state index contributed by atoms with van der Waals surface area (Å²) in [5, 5.41) is 11.9. The third kappa shape index (κ3) is 4.47. The molecule has 1 amide bonds. The SMILES string of the molecule is Cc1ccc(NC(=O)[C@@H](C)Oc2ccc(C#N)cc2Cl)c(Br)c1. The monoisotopic (exact) mass is 392 g/mol. The topological polar surface area (TPSA) is 62.1 Å². The van der Waals surface area contributed by atoms with E-state index in [1.807, 2.05) is 31.2 Å². The van der Waals surface area contributed by atoms with Crippen LogP contribution >= 0.6 is 27.5 Å². The van der Waals surface area contributed by atoms with E-state index < -0.39 is 6.10 Å². The Labute approximate surface area is 148 Å². The lowest BCUT2D eigenvalue weighted by Gasteiger charge is -2.16. The maximum atomic E-state index is 12.2. The van der Waals surface area contributed by atoms with Crippen LogP contribution in [0.25, 0.3) is 0 Å². The van der Waals surface area contributed by atoms with E-state index in [1.165, 1.54) is 6.07 Å². The molecule has 0 aliphatic carbocycles. The lowest BCUT2D eigenvalue weighted by atomic mass is 10.2. The van der Waals surface area contributed by atoms with E-state index in [0.717, 1.165) is 10.0 Å². The van der Waals surface area contributed by atoms with Gasteiger partial charge in [0.05, 0.1) is 22.3 Å². The minimum Gasteiger partial charge on any atom is -0.479 e. The van der Waals surface area contributed by atoms with Crippen LogP contribution < -0.4 is 10.1 Å². The lowest BCUT2D eigenvalue weighted by molar-refractivity contribution is -0.122. The molecule has 0 saturated carbocycles. The van der Waals surface area contributed by atoms with E-state index in [4.69, 9.17) is 21.6 Å². The molecule has 0 radical (unpaired) electrons. The normalized spacial score (nSPS) is 11.4. The van der Waals surface area contributed by atoms with Crippen molar-refractivity contribution < 1.29 is 9.53 Å². The number of hydrogen-bond donors (Lipinski definition) is 1. The van der Waals surface area contributed by atoms with Gasteiger partial charge in [0.2, 0.25) is 0 Å². The van der Waals surface area contributed by atoms with Gasteiger partial charge in [0.1, 0.15) is 5.75 Å². The molecule has 2 rings (SSSR count). The second kappa shape index (κ2) is 7.49. The number of carbonyl (C=O) groups excluding carboxylic acids is 1. The number of benzene rings is 2. The Morgan fingerprint density at radius 1 is 1.35 bits per heavy atom. The first-order valence-corrected chi connectivity index (χ1v) is 8.01. The Bertz CT molecular complexity index is 787. The van der Waals surface area contributed by atoms with Gasteiger partial charge in [-0.1, -0.05) is 17.7 Å². The molecule has 0 aliphatic rings. The molecular formula is C17H14BrClN2O2. The van der Waals surface area contributed by atoms with Crippen molar-refractivity contribution in [2.45, 2.75) is 20.0 Å². The van der Waals surface area contributed by atoms with Crippen molar-refractivity contribution in [3.05, 3.63) is 57.0 Å². The molecule has 0 fully saturated rings. The predicted molar refractivity (Wildman–Crippen MR) is 93.8 cm³/mol. The molecule has 2 aromatic rings. The highest BCUT2D eigenvalue weighted by molar-refractivity contribution is 9.10. The van der Waals surface area contributed by atoms with Crippen molar-refractivity contribution in [3.63, 3.8) is 0 Å². The standard InChI is InChI=1S/C17H14BrClN2O2/c1-10-3-5-15(13(18)7-10)21-17(22)11(2)23-16-6-4-12(9-20)8-14(16)19/h3-8,11H,1-2H3,(H,21,22)/t11-/m1/s1. The summed E-state index contributed by atoms with van der Waals surface area (Å²) in [6.45, 7) is 3.60. The summed E-state index contributed by atoms with van der Waals surface area (Å²) < 4.78 is 6.37. The van der Waals surface area contributed by atoms with Gasteiger partial charge in [-0.2, -0.15) is 5.26 Å². The molecule has 2 aromatic carbocycles. The summed E-state index contributed by atoms with van der Waals surface area (Å²) in [6, 6.07) is 12.3. The van der Waals surface area contributed by atoms with Crippen LogP contribution in [0.2, 0.25) is 5.02 Å². The minimum atomic E-state index is -0.742. The molecule has 23 heavy (non-hydrogen) atoms. The number of nitrogens with zero attached hydrogens (tertiary/aromatic N) is 1. The van der Waals surface area contributed by atoms with E-state index in [-0.39, 0.29) is 5.91 Å². The zero-order valence-corrected chi connectivity index (χ0v) is 14.9. The maximum absolute atomic E-state index is 12.2. The van der Waals surface area contributed by atoms with Crippen LogP contribution in [0.4, 0.5) is 5.69 Å². The number of ether oxygens (including phenoxy) is 1. The molecule has 0 aromatic heterocycles. The fraction of sp³-hybridized carbons (Fsp3) is 0.176. The first-order valence-electron chi connectivity index (χ1n) is 6.84. The highest BCUT2D eigenvalue weighted by atomic mass is 79.9. The van der Waals surface area contributed by atoms with Gasteiger partial charge in [-0.3, -0.25) is 4.79 Å². The van der Waals surface area contributed by atoms with Crippen LogP contribution in [0.1, 0.15) is 18.1 Å². The maximum Gasteiger partial charge on any atom is 0.265 e. The average Bonchev–Trinajstić information content (AvgIpc) is 2.51. The largest absolute Gasteiger partial charge is 0.479 e. The number of hydrogen-bond acceptors (Lipinski definition) is 3. The lowest BCUT2D eigenvalue weighted by Crippen LogP contribution is -2.30. The van der Waals surface area contributed by atoms with Crippen molar-refractivity contribution in [2.75, 3.05) is 5.32 Å². The fourth-order valence-corrected chi connectivity index (χ4v) is 2.68. The quantitative estimate of drug-likeness (QED) is 0.819. The molecule has 0 aliphatic heterocycles. The third-order valence-electron chi connectivity index (χ3n) is 3.12. The highest BCUT2D eigenvalue weighted by Gasteiger charge is 2.17. The van der Waals surface area contributed by atoms with Crippen LogP contribution in [0, 0.1) is 18.3 Å². The number of nitriles is 1. The second-order valence-electron chi connectivity index (χ2n) is 4.99. The van der Waals surface area contributed by atoms with E-state index in [1.54, 1.807) is 19.1 Å². The van der Waals surface area contributed by atoms with Crippen LogP contribution in [0.15, 0.2) is 40.9 Å². The number of amides is 1. The van der Waals surface area contributed by atoms with Gasteiger partial charge in [-0.15, -0.1) is 0 Å². The van der Waals surface area contributed by atoms with E-state index in [2.05, 4.69) is 21.2 Å². The summed E-state index contributed by atoms with van der Waals surface area (Å²) in [4.78, 5) is 12.2. The van der Waals surface area contributed by atoms with Gasteiger partial charge in [0.25, 0.3) is 5.91 Å². The predicted octanol–water partition coefficient (Wildman–Crippen LogP) is 4.69. The van der Waals surface area contributed by atoms with Gasteiger partial charge < -0.3 is 10.1 Å². The van der Waals surface area contributed by atoms with Gasteiger partial charge >= 0.3 is 0 Å². The van der Waals surface area contributed by atoms with Crippen molar-refractivity contribution in [3.8, 4) is 11.8 Å². The molecule has 0 unspecified atom stereocenters. The summed E-state index contributed by atoms with van der Waals surface area (Å²) in [7, 11) is 0. The van der Waals surface area contributed by atoms with Gasteiger partial charge in [0.15, 0.2) is 6.10 Å². The van der Waals surface area contributed by atoms with E-state index >= 15 is 0 Å². The average molecular weight is 394 g/mol. The van der Waals surface area contributed by atoms with E-state index in [9.17, 15) is 4.79 Å². The molecular weight excluding hydrogens is 380 g/mol. The van der Waals surface area contributed by atoms with Crippen molar-refractivity contribution in [1.82, 2.24) is 0 Å². The molecule has 4 nitrogen and oxygen atoms in total. The molecule has 0 heterocycles. The molecule has 0 bridgehead atoms. The zero-order chi connectivity index (χ0) is 17.0. The highest BCUT2D eigenvalue weighted by Crippen LogP contribution is 2.27. The Balaban J connectivity index is 2.07. The first-order chi connectivity index (χ1) is 10.9. The summed E-state index contributed by atoms with van der Waals surface area (Å²) in [5.41, 5.74) is 2.19. The summed E-state index contributed by atoms with van der Waals surface area (Å²) in [6.07, 6.45) is -0.742. The second-order valence-corrected chi connectivity index (χ2v) is 6.25. The Hall–Kier alpha value is -2.03. The van der Waals surface area contributed by atoms with E-state index in [0.29, 0.717) is 22.0 Å². The Morgan fingerprint density at radius 2 is 2.09 bits per heavy atom. The molecule has 6 heteroatoms. The first kappa shape index (κ1) is 17.3. The van der Waals surface area contributed by atoms with Crippen molar-refractivity contribution in [1.29, 1.82) is 5.26 Å². The van der Waals surface area contributed by atoms with Crippen molar-refractivity contribution >= 4 is 39.1 Å². The third-order valence-corrected chi connectivity index (χ3v) is 4.07. The van der Waals surface area contributed by atoms with Gasteiger partial charge in [-0.25, -0.2) is 0 Å². The smallest absolute Gasteiger partial charge is 0.265 e. The number of halogens is 2. The van der Waals surface area contributed by atoms with Crippen LogP contribution in [-0.4, -0.2) is 12.0 Å². The van der Waals surface area contributed by atoms with Gasteiger partial charge in [0, 0.05) is 4.47 Å². The molecule has 0 spiro atoms. The van der Waals surface area contributed by atoms with Crippen LogP contribution in [-0.2, 0) is 4.79 Å². The molecule has 0 saturated heterocycles. The number of nitrogens with one attached hydrogen (secondary N) is 1. The fourth-order valence-electron chi connectivity index (χ4n) is 1.87. The zero-order valence-electron chi connectivity index (χ0n) is 12.6. The van der Waals surface area contributed by atoms with Crippen molar-refractivity contribution in [2.24, 2.45) is 0 Å². The number of aryl methyl sites for hydroxylation is 1. The molecule has 118 valence electrons. The Kier molecular flexibility index (Phi) is 5.64. The minimum absolute atomic E-state index is 0.292.